The molecule has 158 valence electrons. The Bertz CT molecular complexity index is 1130. The van der Waals surface area contributed by atoms with Gasteiger partial charge in [-0.2, -0.15) is 0 Å². The maximum absolute atomic E-state index is 12.5. The molecule has 0 bridgehead atoms. The molecule has 8 nitrogen and oxygen atoms in total. The van der Waals surface area contributed by atoms with Gasteiger partial charge in [-0.15, -0.1) is 0 Å². The Labute approximate surface area is 175 Å². The molecule has 1 amide bonds. The third-order valence-electron chi connectivity index (χ3n) is 4.55. The first-order valence-electron chi connectivity index (χ1n) is 9.17. The molecule has 2 aromatic carbocycles. The van der Waals surface area contributed by atoms with Crippen LogP contribution in [0.5, 0.6) is 5.75 Å². The van der Waals surface area contributed by atoms with E-state index in [9.17, 15) is 13.2 Å². The number of aromatic nitrogens is 1. The molecule has 1 aromatic heterocycles. The average Bonchev–Trinajstić information content (AvgIpc) is 3.04. The summed E-state index contributed by atoms with van der Waals surface area (Å²) in [6.45, 7) is 3.99. The van der Waals surface area contributed by atoms with Crippen molar-refractivity contribution in [2.45, 2.75) is 25.3 Å². The highest BCUT2D eigenvalue weighted by Crippen LogP contribution is 2.20. The molecule has 1 N–H and O–H groups in total. The molecule has 1 heterocycles. The Balaban J connectivity index is 1.67. The Morgan fingerprint density at radius 2 is 1.83 bits per heavy atom. The highest BCUT2D eigenvalue weighted by Gasteiger charge is 2.18. The summed E-state index contributed by atoms with van der Waals surface area (Å²) in [5.74, 6) is 0.958. The lowest BCUT2D eigenvalue weighted by molar-refractivity contribution is 0.102. The fraction of sp³-hybridized carbons (Fsp3) is 0.238. The van der Waals surface area contributed by atoms with Gasteiger partial charge in [-0.3, -0.25) is 4.79 Å². The van der Waals surface area contributed by atoms with Crippen molar-refractivity contribution < 1.29 is 22.5 Å². The molecular weight excluding hydrogens is 406 g/mol. The van der Waals surface area contributed by atoms with Crippen molar-refractivity contribution in [1.29, 1.82) is 0 Å². The molecule has 0 aliphatic heterocycles. The SMILES string of the molecule is Cc1noc(C)c1COc1ccc(C(=O)Nc2cccc(S(=O)(=O)N(C)C)c2)cc1. The van der Waals surface area contributed by atoms with Crippen molar-refractivity contribution in [3.63, 3.8) is 0 Å². The number of hydrogen-bond acceptors (Lipinski definition) is 6. The van der Waals surface area contributed by atoms with Crippen LogP contribution in [0.2, 0.25) is 0 Å². The second-order valence-corrected chi connectivity index (χ2v) is 9.04. The molecule has 0 atom stereocenters. The van der Waals surface area contributed by atoms with E-state index < -0.39 is 10.0 Å². The van der Waals surface area contributed by atoms with Gasteiger partial charge in [0.05, 0.1) is 16.2 Å². The van der Waals surface area contributed by atoms with Gasteiger partial charge in [0.15, 0.2) is 0 Å². The van der Waals surface area contributed by atoms with E-state index in [4.69, 9.17) is 9.26 Å². The lowest BCUT2D eigenvalue weighted by Gasteiger charge is -2.13. The quantitative estimate of drug-likeness (QED) is 0.618. The highest BCUT2D eigenvalue weighted by atomic mass is 32.2. The molecule has 9 heteroatoms. The predicted molar refractivity (Wildman–Crippen MR) is 112 cm³/mol. The van der Waals surface area contributed by atoms with Gasteiger partial charge >= 0.3 is 0 Å². The van der Waals surface area contributed by atoms with Crippen LogP contribution in [0.25, 0.3) is 0 Å². The zero-order valence-electron chi connectivity index (χ0n) is 17.2. The van der Waals surface area contributed by atoms with Crippen LogP contribution in [-0.4, -0.2) is 37.9 Å². The van der Waals surface area contributed by atoms with Gasteiger partial charge in [0, 0.05) is 25.3 Å². The lowest BCUT2D eigenvalue weighted by Crippen LogP contribution is -2.22. The zero-order valence-corrected chi connectivity index (χ0v) is 18.0. The highest BCUT2D eigenvalue weighted by molar-refractivity contribution is 7.89. The Hall–Kier alpha value is -3.17. The van der Waals surface area contributed by atoms with Crippen LogP contribution in [0.3, 0.4) is 0 Å². The normalized spacial score (nSPS) is 11.5. The van der Waals surface area contributed by atoms with E-state index in [0.29, 0.717) is 29.4 Å². The summed E-state index contributed by atoms with van der Waals surface area (Å²) in [6.07, 6.45) is 0. The van der Waals surface area contributed by atoms with E-state index in [1.54, 1.807) is 36.4 Å². The number of carbonyl (C=O) groups is 1. The Morgan fingerprint density at radius 1 is 1.13 bits per heavy atom. The van der Waals surface area contributed by atoms with Crippen LogP contribution in [0.4, 0.5) is 5.69 Å². The van der Waals surface area contributed by atoms with Crippen LogP contribution in [-0.2, 0) is 16.6 Å². The van der Waals surface area contributed by atoms with E-state index in [1.807, 2.05) is 13.8 Å². The molecule has 0 aliphatic rings. The number of benzene rings is 2. The van der Waals surface area contributed by atoms with E-state index in [1.165, 1.54) is 26.2 Å². The summed E-state index contributed by atoms with van der Waals surface area (Å²) in [5.41, 5.74) is 2.48. The maximum Gasteiger partial charge on any atom is 0.255 e. The number of aryl methyl sites for hydroxylation is 2. The summed E-state index contributed by atoms with van der Waals surface area (Å²) in [6, 6.07) is 12.8. The topological polar surface area (TPSA) is 102 Å². The molecule has 0 aliphatic carbocycles. The van der Waals surface area contributed by atoms with Crippen LogP contribution in [0.1, 0.15) is 27.4 Å². The summed E-state index contributed by atoms with van der Waals surface area (Å²) in [4.78, 5) is 12.6. The second-order valence-electron chi connectivity index (χ2n) is 6.89. The first-order valence-corrected chi connectivity index (χ1v) is 10.6. The minimum atomic E-state index is -3.58. The molecule has 0 fully saturated rings. The largest absolute Gasteiger partial charge is 0.489 e. The number of rotatable bonds is 7. The van der Waals surface area contributed by atoms with Crippen molar-refractivity contribution >= 4 is 21.6 Å². The van der Waals surface area contributed by atoms with Gasteiger partial charge in [0.2, 0.25) is 10.0 Å². The maximum atomic E-state index is 12.5. The van der Waals surface area contributed by atoms with Gasteiger partial charge in [0.1, 0.15) is 18.1 Å². The van der Waals surface area contributed by atoms with Gasteiger partial charge < -0.3 is 14.6 Å². The van der Waals surface area contributed by atoms with Crippen molar-refractivity contribution in [1.82, 2.24) is 9.46 Å². The van der Waals surface area contributed by atoms with Gasteiger partial charge in [-0.05, 0) is 56.3 Å². The summed E-state index contributed by atoms with van der Waals surface area (Å²) in [5, 5.41) is 6.60. The number of hydrogen-bond donors (Lipinski definition) is 1. The van der Waals surface area contributed by atoms with Crippen LogP contribution in [0.15, 0.2) is 57.9 Å². The van der Waals surface area contributed by atoms with Crippen molar-refractivity contribution in [2.24, 2.45) is 0 Å². The molecule has 3 rings (SSSR count). The lowest BCUT2D eigenvalue weighted by atomic mass is 10.2. The number of amides is 1. The van der Waals surface area contributed by atoms with Crippen molar-refractivity contribution in [3.05, 3.63) is 71.1 Å². The number of anilines is 1. The molecule has 0 saturated heterocycles. The Morgan fingerprint density at radius 3 is 2.43 bits per heavy atom. The van der Waals surface area contributed by atoms with Gasteiger partial charge in [-0.1, -0.05) is 11.2 Å². The zero-order chi connectivity index (χ0) is 21.9. The van der Waals surface area contributed by atoms with Crippen LogP contribution < -0.4 is 10.1 Å². The summed E-state index contributed by atoms with van der Waals surface area (Å²) in [7, 11) is -0.674. The molecule has 0 unspecified atom stereocenters. The predicted octanol–water partition coefficient (Wildman–Crippen LogP) is 3.37. The van der Waals surface area contributed by atoms with E-state index in [2.05, 4.69) is 10.5 Å². The van der Waals surface area contributed by atoms with Crippen LogP contribution in [0, 0.1) is 13.8 Å². The second kappa shape index (κ2) is 8.68. The van der Waals surface area contributed by atoms with E-state index >= 15 is 0 Å². The number of carbonyl (C=O) groups excluding carboxylic acids is 1. The molecular formula is C21H23N3O5S. The van der Waals surface area contributed by atoms with Crippen LogP contribution >= 0.6 is 0 Å². The monoisotopic (exact) mass is 429 g/mol. The average molecular weight is 429 g/mol. The van der Waals surface area contributed by atoms with E-state index in [-0.39, 0.29) is 10.8 Å². The fourth-order valence-electron chi connectivity index (χ4n) is 2.71. The Kier molecular flexibility index (Phi) is 6.23. The van der Waals surface area contributed by atoms with Gasteiger partial charge in [-0.25, -0.2) is 12.7 Å². The standard InChI is InChI=1S/C21H23N3O5S/c1-14-20(15(2)29-23-14)13-28-18-10-8-16(9-11-18)21(25)22-17-6-5-7-19(12-17)30(26,27)24(3)4/h5-12H,13H2,1-4H3,(H,22,25). The van der Waals surface area contributed by atoms with Gasteiger partial charge in [0.25, 0.3) is 5.91 Å². The third-order valence-corrected chi connectivity index (χ3v) is 6.36. The first-order chi connectivity index (χ1) is 14.2. The smallest absolute Gasteiger partial charge is 0.255 e. The number of sulfonamides is 1. The first kappa shape index (κ1) is 21.5. The molecule has 3 aromatic rings. The summed E-state index contributed by atoms with van der Waals surface area (Å²) < 4.78 is 36.5. The minimum Gasteiger partial charge on any atom is -0.489 e. The molecule has 0 saturated carbocycles. The van der Waals surface area contributed by atoms with Crippen molar-refractivity contribution in [3.8, 4) is 5.75 Å². The number of nitrogens with one attached hydrogen (secondary N) is 1. The van der Waals surface area contributed by atoms with Crippen molar-refractivity contribution in [2.75, 3.05) is 19.4 Å². The third kappa shape index (κ3) is 4.69. The minimum absolute atomic E-state index is 0.105. The molecule has 0 spiro atoms. The fourth-order valence-corrected chi connectivity index (χ4v) is 3.66. The summed E-state index contributed by atoms with van der Waals surface area (Å²) >= 11 is 0. The van der Waals surface area contributed by atoms with E-state index in [0.717, 1.165) is 15.6 Å². The molecule has 30 heavy (non-hydrogen) atoms. The number of nitrogens with zero attached hydrogens (tertiary/aromatic N) is 2. The number of ether oxygens (including phenoxy) is 1. The molecule has 0 radical (unpaired) electrons.